The molecule has 0 unspecified atom stereocenters. The van der Waals surface area contributed by atoms with Gasteiger partial charge in [0.05, 0.1) is 11.9 Å². The third-order valence-corrected chi connectivity index (χ3v) is 3.82. The largest absolute Gasteiger partial charge is 0.304 e. The van der Waals surface area contributed by atoms with Crippen LogP contribution < -0.4 is 5.32 Å². The molecule has 0 saturated carbocycles. The predicted molar refractivity (Wildman–Crippen MR) is 95.4 cm³/mol. The van der Waals surface area contributed by atoms with E-state index < -0.39 is 0 Å². The molecule has 0 bridgehead atoms. The third-order valence-electron chi connectivity index (χ3n) is 3.82. The quantitative estimate of drug-likeness (QED) is 0.625. The van der Waals surface area contributed by atoms with E-state index in [1.165, 1.54) is 6.20 Å². The zero-order chi connectivity index (χ0) is 17.2. The van der Waals surface area contributed by atoms with Crippen molar-refractivity contribution >= 4 is 17.4 Å². The van der Waals surface area contributed by atoms with Gasteiger partial charge in [0.15, 0.2) is 0 Å². The first-order valence-electron chi connectivity index (χ1n) is 7.85. The van der Waals surface area contributed by atoms with E-state index in [-0.39, 0.29) is 11.6 Å². The lowest BCUT2D eigenvalue weighted by atomic mass is 10.1. The van der Waals surface area contributed by atoms with Crippen molar-refractivity contribution in [3.8, 4) is 11.3 Å². The molecule has 1 amide bonds. The number of aryl methyl sites for hydroxylation is 1. The highest BCUT2D eigenvalue weighted by molar-refractivity contribution is 6.04. The van der Waals surface area contributed by atoms with Gasteiger partial charge in [0.2, 0.25) is 0 Å². The molecule has 0 radical (unpaired) electrons. The fourth-order valence-electron chi connectivity index (χ4n) is 2.59. The summed E-state index contributed by atoms with van der Waals surface area (Å²) in [6, 6.07) is 15.4. The molecule has 0 saturated heterocycles. The van der Waals surface area contributed by atoms with Gasteiger partial charge in [0.1, 0.15) is 22.9 Å². The van der Waals surface area contributed by atoms with E-state index >= 15 is 0 Å². The Morgan fingerprint density at radius 3 is 2.56 bits per heavy atom. The van der Waals surface area contributed by atoms with Gasteiger partial charge >= 0.3 is 0 Å². The summed E-state index contributed by atoms with van der Waals surface area (Å²) in [4.78, 5) is 25.5. The van der Waals surface area contributed by atoms with Gasteiger partial charge in [-0.25, -0.2) is 9.97 Å². The molecular weight excluding hydrogens is 314 g/mol. The van der Waals surface area contributed by atoms with Gasteiger partial charge in [0.25, 0.3) is 5.91 Å². The highest BCUT2D eigenvalue weighted by atomic mass is 16.2. The van der Waals surface area contributed by atoms with Crippen molar-refractivity contribution in [2.24, 2.45) is 0 Å². The average molecular weight is 329 g/mol. The SMILES string of the molecule is Cc1cnc(C(=O)Nc2c(-c3ccccc3)nc3ccccn23)cn1. The molecule has 1 aromatic carbocycles. The van der Waals surface area contributed by atoms with Crippen LogP contribution in [0.5, 0.6) is 0 Å². The van der Waals surface area contributed by atoms with Crippen molar-refractivity contribution < 1.29 is 4.79 Å². The lowest BCUT2D eigenvalue weighted by Gasteiger charge is -2.07. The molecule has 0 fully saturated rings. The number of hydrogen-bond donors (Lipinski definition) is 1. The fourth-order valence-corrected chi connectivity index (χ4v) is 2.59. The van der Waals surface area contributed by atoms with Crippen molar-refractivity contribution in [2.45, 2.75) is 6.92 Å². The maximum atomic E-state index is 12.6. The summed E-state index contributed by atoms with van der Waals surface area (Å²) in [5.41, 5.74) is 3.41. The van der Waals surface area contributed by atoms with Gasteiger partial charge in [-0.05, 0) is 19.1 Å². The lowest BCUT2D eigenvalue weighted by Crippen LogP contribution is -2.16. The van der Waals surface area contributed by atoms with Crippen LogP contribution in [0.3, 0.4) is 0 Å². The molecule has 3 aromatic heterocycles. The van der Waals surface area contributed by atoms with Crippen LogP contribution in [-0.2, 0) is 0 Å². The highest BCUT2D eigenvalue weighted by Crippen LogP contribution is 2.28. The molecular formula is C19H15N5O. The first-order chi connectivity index (χ1) is 12.2. The second-order valence-electron chi connectivity index (χ2n) is 5.60. The summed E-state index contributed by atoms with van der Waals surface area (Å²) in [5, 5.41) is 2.93. The van der Waals surface area contributed by atoms with Gasteiger partial charge in [-0.2, -0.15) is 0 Å². The van der Waals surface area contributed by atoms with Crippen molar-refractivity contribution in [2.75, 3.05) is 5.32 Å². The monoisotopic (exact) mass is 329 g/mol. The maximum Gasteiger partial charge on any atom is 0.277 e. The molecule has 1 N–H and O–H groups in total. The van der Waals surface area contributed by atoms with Crippen LogP contribution in [-0.4, -0.2) is 25.3 Å². The number of aromatic nitrogens is 4. The number of benzene rings is 1. The van der Waals surface area contributed by atoms with Crippen LogP contribution in [0.4, 0.5) is 5.82 Å². The number of nitrogens with one attached hydrogen (secondary N) is 1. The minimum absolute atomic E-state index is 0.260. The third kappa shape index (κ3) is 2.85. The Bertz CT molecular complexity index is 1040. The van der Waals surface area contributed by atoms with Gasteiger partial charge in [-0.3, -0.25) is 14.2 Å². The number of fused-ring (bicyclic) bond motifs is 1. The molecule has 6 nitrogen and oxygen atoms in total. The molecule has 25 heavy (non-hydrogen) atoms. The summed E-state index contributed by atoms with van der Waals surface area (Å²) in [5.74, 6) is 0.282. The number of hydrogen-bond acceptors (Lipinski definition) is 4. The molecule has 0 spiro atoms. The molecule has 0 aliphatic carbocycles. The van der Waals surface area contributed by atoms with Crippen molar-refractivity contribution in [3.63, 3.8) is 0 Å². The van der Waals surface area contributed by atoms with Crippen LogP contribution in [0, 0.1) is 6.92 Å². The van der Waals surface area contributed by atoms with E-state index in [9.17, 15) is 4.79 Å². The average Bonchev–Trinajstić information content (AvgIpc) is 3.02. The van der Waals surface area contributed by atoms with Gasteiger partial charge in [0, 0.05) is 18.0 Å². The van der Waals surface area contributed by atoms with E-state index in [2.05, 4.69) is 20.3 Å². The Morgan fingerprint density at radius 1 is 1.00 bits per heavy atom. The number of rotatable bonds is 3. The minimum atomic E-state index is -0.324. The molecule has 4 aromatic rings. The standard InChI is InChI=1S/C19H15N5O/c1-13-11-21-15(12-20-13)19(25)23-18-17(14-7-3-2-4-8-14)22-16-9-5-6-10-24(16)18/h2-12H,1H3,(H,23,25). The normalized spacial score (nSPS) is 10.8. The Hall–Kier alpha value is -3.54. The second kappa shape index (κ2) is 6.16. The van der Waals surface area contributed by atoms with Crippen molar-refractivity contribution in [1.29, 1.82) is 0 Å². The van der Waals surface area contributed by atoms with Gasteiger partial charge in [-0.15, -0.1) is 0 Å². The number of anilines is 1. The molecule has 0 aliphatic rings. The number of pyridine rings is 1. The smallest absolute Gasteiger partial charge is 0.277 e. The van der Waals surface area contributed by atoms with Gasteiger partial charge in [-0.1, -0.05) is 36.4 Å². The van der Waals surface area contributed by atoms with Crippen LogP contribution in [0.25, 0.3) is 16.9 Å². The molecule has 0 atom stereocenters. The van der Waals surface area contributed by atoms with E-state index in [4.69, 9.17) is 0 Å². The Labute approximate surface area is 144 Å². The van der Waals surface area contributed by atoms with Crippen LogP contribution in [0.15, 0.2) is 67.1 Å². The van der Waals surface area contributed by atoms with Gasteiger partial charge < -0.3 is 5.32 Å². The summed E-state index contributed by atoms with van der Waals surface area (Å²) >= 11 is 0. The number of carbonyl (C=O) groups excluding carboxylic acids is 1. The van der Waals surface area contributed by atoms with Crippen LogP contribution >= 0.6 is 0 Å². The Morgan fingerprint density at radius 2 is 1.80 bits per heavy atom. The van der Waals surface area contributed by atoms with E-state index in [1.54, 1.807) is 6.20 Å². The molecule has 3 heterocycles. The summed E-state index contributed by atoms with van der Waals surface area (Å²) in [6.45, 7) is 1.83. The summed E-state index contributed by atoms with van der Waals surface area (Å²) in [7, 11) is 0. The summed E-state index contributed by atoms with van der Waals surface area (Å²) < 4.78 is 1.85. The predicted octanol–water partition coefficient (Wildman–Crippen LogP) is 3.35. The molecule has 6 heteroatoms. The lowest BCUT2D eigenvalue weighted by molar-refractivity contribution is 0.102. The van der Waals surface area contributed by atoms with Crippen molar-refractivity contribution in [1.82, 2.24) is 19.4 Å². The highest BCUT2D eigenvalue weighted by Gasteiger charge is 2.17. The number of nitrogens with zero attached hydrogens (tertiary/aromatic N) is 4. The number of carbonyl (C=O) groups is 1. The number of amides is 1. The number of imidazole rings is 1. The summed E-state index contributed by atoms with van der Waals surface area (Å²) in [6.07, 6.45) is 4.91. The first kappa shape index (κ1) is 15.0. The minimum Gasteiger partial charge on any atom is -0.304 e. The molecule has 0 aliphatic heterocycles. The topological polar surface area (TPSA) is 72.2 Å². The van der Waals surface area contributed by atoms with Crippen molar-refractivity contribution in [3.05, 3.63) is 78.5 Å². The van der Waals surface area contributed by atoms with E-state index in [1.807, 2.05) is 66.1 Å². The Kier molecular flexibility index (Phi) is 3.70. The molecule has 122 valence electrons. The van der Waals surface area contributed by atoms with Crippen LogP contribution in [0.2, 0.25) is 0 Å². The van der Waals surface area contributed by atoms with Crippen LogP contribution in [0.1, 0.15) is 16.2 Å². The Balaban J connectivity index is 1.80. The second-order valence-corrected chi connectivity index (χ2v) is 5.60. The van der Waals surface area contributed by atoms with E-state index in [0.717, 1.165) is 16.9 Å². The zero-order valence-electron chi connectivity index (χ0n) is 13.5. The first-order valence-corrected chi connectivity index (χ1v) is 7.85. The maximum absolute atomic E-state index is 12.6. The zero-order valence-corrected chi connectivity index (χ0v) is 13.5. The van der Waals surface area contributed by atoms with E-state index in [0.29, 0.717) is 11.5 Å². The molecule has 4 rings (SSSR count). The fraction of sp³-hybridized carbons (Fsp3) is 0.0526.